The van der Waals surface area contributed by atoms with Gasteiger partial charge in [0.1, 0.15) is 6.33 Å². The van der Waals surface area contributed by atoms with Crippen molar-refractivity contribution in [2.24, 2.45) is 0 Å². The van der Waals surface area contributed by atoms with E-state index < -0.39 is 0 Å². The fourth-order valence-electron chi connectivity index (χ4n) is 2.23. The van der Waals surface area contributed by atoms with Crippen molar-refractivity contribution in [3.8, 4) is 5.69 Å². The summed E-state index contributed by atoms with van der Waals surface area (Å²) in [6, 6.07) is 9.76. The summed E-state index contributed by atoms with van der Waals surface area (Å²) in [5.41, 5.74) is 0.949. The molecule has 1 aromatic heterocycles. The molecular weight excluding hydrogens is 300 g/mol. The average molecular weight is 318 g/mol. The second-order valence-corrected chi connectivity index (χ2v) is 5.98. The van der Waals surface area contributed by atoms with E-state index in [-0.39, 0.29) is 12.0 Å². The van der Waals surface area contributed by atoms with Crippen molar-refractivity contribution in [3.05, 3.63) is 36.7 Å². The van der Waals surface area contributed by atoms with Crippen LogP contribution in [0.5, 0.6) is 0 Å². The standard InChI is InChI=1S/C15H18N4O2S/c20-14(16-9-13-7-4-8-21-13)10-22-15-17-11-19(18-15)12-5-2-1-3-6-12/h1-3,5-6,11,13H,4,7-10H2,(H,16,20)/t13-/m1/s1. The van der Waals surface area contributed by atoms with E-state index in [1.807, 2.05) is 30.3 Å². The first-order chi connectivity index (χ1) is 10.8. The van der Waals surface area contributed by atoms with E-state index in [4.69, 9.17) is 4.74 Å². The first kappa shape index (κ1) is 15.1. The summed E-state index contributed by atoms with van der Waals surface area (Å²) >= 11 is 1.33. The van der Waals surface area contributed by atoms with Gasteiger partial charge >= 0.3 is 0 Å². The first-order valence-corrected chi connectivity index (χ1v) is 8.28. The van der Waals surface area contributed by atoms with Crippen LogP contribution in [0.25, 0.3) is 5.69 Å². The van der Waals surface area contributed by atoms with Crippen LogP contribution >= 0.6 is 11.8 Å². The monoisotopic (exact) mass is 318 g/mol. The average Bonchev–Trinajstić information content (AvgIpc) is 3.23. The third-order valence-electron chi connectivity index (χ3n) is 3.37. The predicted molar refractivity (Wildman–Crippen MR) is 84.1 cm³/mol. The molecule has 22 heavy (non-hydrogen) atoms. The lowest BCUT2D eigenvalue weighted by Gasteiger charge is -2.09. The Morgan fingerprint density at radius 1 is 1.41 bits per heavy atom. The number of benzene rings is 1. The summed E-state index contributed by atoms with van der Waals surface area (Å²) in [7, 11) is 0. The lowest BCUT2D eigenvalue weighted by molar-refractivity contribution is -0.119. The zero-order valence-corrected chi connectivity index (χ0v) is 13.0. The Kier molecular flexibility index (Phi) is 5.07. The smallest absolute Gasteiger partial charge is 0.230 e. The minimum atomic E-state index is -0.0171. The molecule has 3 rings (SSSR count). The molecule has 6 nitrogen and oxygen atoms in total. The quantitative estimate of drug-likeness (QED) is 0.820. The number of nitrogens with zero attached hydrogens (tertiary/aromatic N) is 3. The second kappa shape index (κ2) is 7.42. The van der Waals surface area contributed by atoms with Crippen molar-refractivity contribution in [2.75, 3.05) is 18.9 Å². The van der Waals surface area contributed by atoms with Gasteiger partial charge in [-0.15, -0.1) is 5.10 Å². The number of hydrogen-bond donors (Lipinski definition) is 1. The molecule has 116 valence electrons. The molecule has 0 saturated carbocycles. The Morgan fingerprint density at radius 2 is 2.27 bits per heavy atom. The number of carbonyl (C=O) groups is 1. The molecule has 1 atom stereocenters. The summed E-state index contributed by atoms with van der Waals surface area (Å²) in [4.78, 5) is 16.0. The summed E-state index contributed by atoms with van der Waals surface area (Å²) in [6.07, 6.45) is 3.93. The van der Waals surface area contributed by atoms with Crippen molar-refractivity contribution in [1.82, 2.24) is 20.1 Å². The van der Waals surface area contributed by atoms with Crippen molar-refractivity contribution >= 4 is 17.7 Å². The van der Waals surface area contributed by atoms with Gasteiger partial charge in [0, 0.05) is 13.2 Å². The van der Waals surface area contributed by atoms with E-state index in [0.29, 0.717) is 17.5 Å². The number of aromatic nitrogens is 3. The molecule has 7 heteroatoms. The fourth-order valence-corrected chi connectivity index (χ4v) is 2.86. The molecule has 1 aliphatic heterocycles. The van der Waals surface area contributed by atoms with Gasteiger partial charge in [0.2, 0.25) is 11.1 Å². The van der Waals surface area contributed by atoms with Gasteiger partial charge in [0.25, 0.3) is 0 Å². The van der Waals surface area contributed by atoms with E-state index in [1.165, 1.54) is 11.8 Å². The van der Waals surface area contributed by atoms with Crippen LogP contribution in [0, 0.1) is 0 Å². The molecular formula is C15H18N4O2S. The van der Waals surface area contributed by atoms with Crippen LogP contribution in [0.2, 0.25) is 0 Å². The highest BCUT2D eigenvalue weighted by Gasteiger charge is 2.16. The number of para-hydroxylation sites is 1. The highest BCUT2D eigenvalue weighted by atomic mass is 32.2. The summed E-state index contributed by atoms with van der Waals surface area (Å²) in [6.45, 7) is 1.39. The molecule has 0 bridgehead atoms. The SMILES string of the molecule is O=C(CSc1ncn(-c2ccccc2)n1)NC[C@H]1CCCO1. The number of nitrogens with one attached hydrogen (secondary N) is 1. The van der Waals surface area contributed by atoms with Gasteiger partial charge < -0.3 is 10.1 Å². The number of carbonyl (C=O) groups excluding carboxylic acids is 1. The molecule has 1 aliphatic rings. The molecule has 0 radical (unpaired) electrons. The van der Waals surface area contributed by atoms with Crippen LogP contribution in [0.15, 0.2) is 41.8 Å². The van der Waals surface area contributed by atoms with E-state index in [0.717, 1.165) is 25.1 Å². The largest absolute Gasteiger partial charge is 0.376 e. The zero-order valence-electron chi connectivity index (χ0n) is 12.1. The maximum Gasteiger partial charge on any atom is 0.230 e. The maximum absolute atomic E-state index is 11.8. The topological polar surface area (TPSA) is 69.0 Å². The Balaban J connectivity index is 1.45. The molecule has 0 spiro atoms. The van der Waals surface area contributed by atoms with Crippen molar-refractivity contribution in [3.63, 3.8) is 0 Å². The highest BCUT2D eigenvalue weighted by Crippen LogP contribution is 2.14. The molecule has 1 amide bonds. The van der Waals surface area contributed by atoms with Crippen molar-refractivity contribution in [1.29, 1.82) is 0 Å². The summed E-state index contributed by atoms with van der Waals surface area (Å²) in [5, 5.41) is 7.83. The van der Waals surface area contributed by atoms with Gasteiger partial charge in [-0.25, -0.2) is 9.67 Å². The van der Waals surface area contributed by atoms with E-state index in [2.05, 4.69) is 15.4 Å². The Bertz CT molecular complexity index is 611. The Morgan fingerprint density at radius 3 is 3.05 bits per heavy atom. The van der Waals surface area contributed by atoms with Gasteiger partial charge in [-0.2, -0.15) is 0 Å². The Hall–Kier alpha value is -1.86. The molecule has 1 aromatic carbocycles. The van der Waals surface area contributed by atoms with Gasteiger partial charge in [-0.3, -0.25) is 4.79 Å². The van der Waals surface area contributed by atoms with E-state index in [9.17, 15) is 4.79 Å². The Labute approximate surface area is 133 Å². The van der Waals surface area contributed by atoms with Crippen LogP contribution in [-0.2, 0) is 9.53 Å². The van der Waals surface area contributed by atoms with Crippen LogP contribution in [-0.4, -0.2) is 45.7 Å². The van der Waals surface area contributed by atoms with Crippen LogP contribution in [0.3, 0.4) is 0 Å². The van der Waals surface area contributed by atoms with Gasteiger partial charge in [-0.05, 0) is 25.0 Å². The molecule has 2 aromatic rings. The molecule has 1 saturated heterocycles. The fraction of sp³-hybridized carbons (Fsp3) is 0.400. The number of hydrogen-bond acceptors (Lipinski definition) is 5. The minimum absolute atomic E-state index is 0.0171. The van der Waals surface area contributed by atoms with Crippen molar-refractivity contribution in [2.45, 2.75) is 24.1 Å². The molecule has 1 N–H and O–H groups in total. The van der Waals surface area contributed by atoms with Crippen LogP contribution in [0.4, 0.5) is 0 Å². The van der Waals surface area contributed by atoms with Gasteiger partial charge in [0.05, 0.1) is 17.5 Å². The normalized spacial score (nSPS) is 17.5. The molecule has 2 heterocycles. The lowest BCUT2D eigenvalue weighted by Crippen LogP contribution is -2.32. The highest BCUT2D eigenvalue weighted by molar-refractivity contribution is 7.99. The lowest BCUT2D eigenvalue weighted by atomic mass is 10.2. The summed E-state index contributed by atoms with van der Waals surface area (Å²) in [5.74, 6) is 0.294. The predicted octanol–water partition coefficient (Wildman–Crippen LogP) is 1.65. The minimum Gasteiger partial charge on any atom is -0.376 e. The third-order valence-corrected chi connectivity index (χ3v) is 4.23. The molecule has 0 aliphatic carbocycles. The summed E-state index contributed by atoms with van der Waals surface area (Å²) < 4.78 is 7.17. The number of thioether (sulfide) groups is 1. The third kappa shape index (κ3) is 4.08. The number of amides is 1. The van der Waals surface area contributed by atoms with E-state index in [1.54, 1.807) is 11.0 Å². The van der Waals surface area contributed by atoms with Crippen LogP contribution < -0.4 is 5.32 Å². The first-order valence-electron chi connectivity index (χ1n) is 7.29. The zero-order chi connectivity index (χ0) is 15.2. The number of rotatable bonds is 6. The maximum atomic E-state index is 11.8. The number of ether oxygens (including phenoxy) is 1. The second-order valence-electron chi connectivity index (χ2n) is 5.04. The van der Waals surface area contributed by atoms with Crippen LogP contribution in [0.1, 0.15) is 12.8 Å². The molecule has 0 unspecified atom stereocenters. The van der Waals surface area contributed by atoms with Gasteiger partial charge in [0.15, 0.2) is 0 Å². The van der Waals surface area contributed by atoms with E-state index >= 15 is 0 Å². The van der Waals surface area contributed by atoms with Crippen molar-refractivity contribution < 1.29 is 9.53 Å². The molecule has 1 fully saturated rings. The van der Waals surface area contributed by atoms with Gasteiger partial charge in [-0.1, -0.05) is 30.0 Å².